The van der Waals surface area contributed by atoms with Crippen LogP contribution in [0.3, 0.4) is 0 Å². The number of ether oxygens (including phenoxy) is 1. The second-order valence-electron chi connectivity index (χ2n) is 6.05. The lowest BCUT2D eigenvalue weighted by atomic mass is 10.1. The number of aromatic nitrogens is 1. The van der Waals surface area contributed by atoms with Crippen molar-refractivity contribution < 1.29 is 23.6 Å². The zero-order valence-electron chi connectivity index (χ0n) is 15.0. The van der Waals surface area contributed by atoms with Gasteiger partial charge in [0.1, 0.15) is 0 Å². The number of nitrogens with zero attached hydrogens (tertiary/aromatic N) is 1. The maximum absolute atomic E-state index is 13.4. The first-order chi connectivity index (χ1) is 13.8. The number of esters is 1. The van der Waals surface area contributed by atoms with E-state index in [1.165, 1.54) is 6.92 Å². The fourth-order valence-electron chi connectivity index (χ4n) is 2.63. The molecule has 0 aliphatic heterocycles. The minimum atomic E-state index is -1.29. The average molecular weight is 399 g/mol. The van der Waals surface area contributed by atoms with Crippen LogP contribution in [0, 0.1) is 15.9 Å². The summed E-state index contributed by atoms with van der Waals surface area (Å²) in [5.74, 6) is -2.72. The van der Waals surface area contributed by atoms with Crippen molar-refractivity contribution in [1.29, 1.82) is 0 Å². The van der Waals surface area contributed by atoms with E-state index in [9.17, 15) is 28.9 Å². The number of H-pyrrole nitrogens is 1. The van der Waals surface area contributed by atoms with E-state index >= 15 is 0 Å². The molecule has 1 heterocycles. The summed E-state index contributed by atoms with van der Waals surface area (Å²) in [6.45, 7) is 1.29. The number of amides is 1. The predicted octanol–water partition coefficient (Wildman–Crippen LogP) is 2.76. The number of nitro groups is 1. The molecule has 0 saturated carbocycles. The van der Waals surface area contributed by atoms with Crippen molar-refractivity contribution in [3.8, 4) is 0 Å². The van der Waals surface area contributed by atoms with Gasteiger partial charge in [-0.15, -0.1) is 0 Å². The second-order valence-corrected chi connectivity index (χ2v) is 6.05. The lowest BCUT2D eigenvalue weighted by Crippen LogP contribution is -2.30. The Labute approximate surface area is 162 Å². The quantitative estimate of drug-likeness (QED) is 0.385. The third kappa shape index (κ3) is 4.26. The number of nitro benzene ring substituents is 1. The molecule has 3 aromatic rings. The summed E-state index contributed by atoms with van der Waals surface area (Å²) in [5, 5.41) is 13.5. The molecular formula is C19H14FN3O6. The molecule has 0 spiro atoms. The molecule has 2 N–H and O–H groups in total. The van der Waals surface area contributed by atoms with Gasteiger partial charge in [0.15, 0.2) is 6.10 Å². The molecule has 9 nitrogen and oxygen atoms in total. The Bertz CT molecular complexity index is 1190. The second kappa shape index (κ2) is 7.89. The Kier molecular flexibility index (Phi) is 5.35. The molecule has 0 fully saturated rings. The highest BCUT2D eigenvalue weighted by atomic mass is 19.1. The number of nitrogens with one attached hydrogen (secondary N) is 2. The summed E-state index contributed by atoms with van der Waals surface area (Å²) >= 11 is 0. The van der Waals surface area contributed by atoms with E-state index in [-0.39, 0.29) is 11.3 Å². The van der Waals surface area contributed by atoms with Gasteiger partial charge >= 0.3 is 11.7 Å². The SMILES string of the molecule is CC(OC(=O)c1cc(=O)[nH]c2ccccc12)C(=O)Nc1ccc(F)c([N+](=O)[O-])c1. The van der Waals surface area contributed by atoms with Gasteiger partial charge in [-0.1, -0.05) is 18.2 Å². The number of rotatable bonds is 5. The first kappa shape index (κ1) is 19.7. The van der Waals surface area contributed by atoms with Crippen molar-refractivity contribution in [2.45, 2.75) is 13.0 Å². The van der Waals surface area contributed by atoms with E-state index in [0.717, 1.165) is 24.3 Å². The van der Waals surface area contributed by atoms with E-state index < -0.39 is 40.0 Å². The van der Waals surface area contributed by atoms with Gasteiger partial charge in [-0.2, -0.15) is 4.39 Å². The standard InChI is InChI=1S/C19H14FN3O6/c1-10(18(25)21-11-6-7-14(20)16(8-11)23(27)28)29-19(26)13-9-17(24)22-15-5-3-2-4-12(13)15/h2-10H,1H3,(H,21,25)(H,22,24). The smallest absolute Gasteiger partial charge is 0.339 e. The Morgan fingerprint density at radius 2 is 1.93 bits per heavy atom. The number of anilines is 1. The fourth-order valence-corrected chi connectivity index (χ4v) is 2.63. The molecule has 29 heavy (non-hydrogen) atoms. The zero-order chi connectivity index (χ0) is 21.1. The molecule has 10 heteroatoms. The maximum atomic E-state index is 13.4. The summed E-state index contributed by atoms with van der Waals surface area (Å²) in [4.78, 5) is 48.9. The highest BCUT2D eigenvalue weighted by Gasteiger charge is 2.22. The number of carbonyl (C=O) groups is 2. The summed E-state index contributed by atoms with van der Waals surface area (Å²) in [5.41, 5.74) is -0.925. The highest BCUT2D eigenvalue weighted by Crippen LogP contribution is 2.22. The van der Waals surface area contributed by atoms with Crippen LogP contribution in [0.5, 0.6) is 0 Å². The first-order valence-electron chi connectivity index (χ1n) is 8.34. The van der Waals surface area contributed by atoms with Crippen LogP contribution in [0.2, 0.25) is 0 Å². The Balaban J connectivity index is 1.77. The van der Waals surface area contributed by atoms with Gasteiger partial charge in [-0.25, -0.2) is 4.79 Å². The van der Waals surface area contributed by atoms with Crippen molar-refractivity contribution in [2.75, 3.05) is 5.32 Å². The Morgan fingerprint density at radius 1 is 1.21 bits per heavy atom. The Morgan fingerprint density at radius 3 is 2.66 bits per heavy atom. The molecule has 0 aliphatic carbocycles. The molecule has 2 aromatic carbocycles. The van der Waals surface area contributed by atoms with Crippen LogP contribution in [-0.2, 0) is 9.53 Å². The van der Waals surface area contributed by atoms with Crippen LogP contribution < -0.4 is 10.9 Å². The van der Waals surface area contributed by atoms with Crippen molar-refractivity contribution >= 4 is 34.2 Å². The van der Waals surface area contributed by atoms with Gasteiger partial charge in [0.25, 0.3) is 5.91 Å². The molecule has 148 valence electrons. The highest BCUT2D eigenvalue weighted by molar-refractivity contribution is 6.04. The van der Waals surface area contributed by atoms with E-state index in [1.54, 1.807) is 24.3 Å². The number of para-hydroxylation sites is 1. The molecular weight excluding hydrogens is 385 g/mol. The molecule has 0 bridgehead atoms. The number of carbonyl (C=O) groups excluding carboxylic acids is 2. The maximum Gasteiger partial charge on any atom is 0.339 e. The summed E-state index contributed by atoms with van der Waals surface area (Å²) in [7, 11) is 0. The molecule has 0 radical (unpaired) electrons. The predicted molar refractivity (Wildman–Crippen MR) is 101 cm³/mol. The van der Waals surface area contributed by atoms with Gasteiger partial charge < -0.3 is 15.0 Å². The number of hydrogen-bond donors (Lipinski definition) is 2. The van der Waals surface area contributed by atoms with E-state index in [0.29, 0.717) is 10.9 Å². The normalized spacial score (nSPS) is 11.7. The largest absolute Gasteiger partial charge is 0.449 e. The summed E-state index contributed by atoms with van der Waals surface area (Å²) in [6.07, 6.45) is -1.29. The molecule has 0 saturated heterocycles. The van der Waals surface area contributed by atoms with Crippen molar-refractivity contribution in [1.82, 2.24) is 4.98 Å². The summed E-state index contributed by atoms with van der Waals surface area (Å²) in [6, 6.07) is 10.5. The van der Waals surface area contributed by atoms with Crippen molar-refractivity contribution in [3.63, 3.8) is 0 Å². The molecule has 0 aliphatic rings. The average Bonchev–Trinajstić information content (AvgIpc) is 2.68. The van der Waals surface area contributed by atoms with E-state index in [1.807, 2.05) is 0 Å². The molecule has 1 amide bonds. The van der Waals surface area contributed by atoms with Gasteiger partial charge in [0.05, 0.1) is 10.5 Å². The molecule has 1 atom stereocenters. The molecule has 1 aromatic heterocycles. The number of pyridine rings is 1. The third-order valence-corrected chi connectivity index (χ3v) is 4.03. The van der Waals surface area contributed by atoms with E-state index in [4.69, 9.17) is 4.74 Å². The van der Waals surface area contributed by atoms with Crippen LogP contribution in [0.4, 0.5) is 15.8 Å². The van der Waals surface area contributed by atoms with Crippen LogP contribution in [-0.4, -0.2) is 27.9 Å². The zero-order valence-corrected chi connectivity index (χ0v) is 15.0. The number of hydrogen-bond acceptors (Lipinski definition) is 6. The third-order valence-electron chi connectivity index (χ3n) is 4.03. The van der Waals surface area contributed by atoms with Gasteiger partial charge in [-0.3, -0.25) is 19.7 Å². The van der Waals surface area contributed by atoms with E-state index in [2.05, 4.69) is 10.3 Å². The van der Waals surface area contributed by atoms with Crippen LogP contribution in [0.25, 0.3) is 10.9 Å². The topological polar surface area (TPSA) is 131 Å². The van der Waals surface area contributed by atoms with Crippen molar-refractivity contribution in [3.05, 3.63) is 80.4 Å². The number of halogens is 1. The van der Waals surface area contributed by atoms with Gasteiger partial charge in [0, 0.05) is 28.7 Å². The van der Waals surface area contributed by atoms with Gasteiger partial charge in [-0.05, 0) is 25.1 Å². The molecule has 3 rings (SSSR count). The monoisotopic (exact) mass is 399 g/mol. The lowest BCUT2D eigenvalue weighted by molar-refractivity contribution is -0.387. The summed E-state index contributed by atoms with van der Waals surface area (Å²) < 4.78 is 18.5. The van der Waals surface area contributed by atoms with Crippen LogP contribution in [0.15, 0.2) is 53.3 Å². The van der Waals surface area contributed by atoms with Crippen molar-refractivity contribution in [2.24, 2.45) is 0 Å². The molecule has 1 unspecified atom stereocenters. The lowest BCUT2D eigenvalue weighted by Gasteiger charge is -2.14. The van der Waals surface area contributed by atoms with Crippen LogP contribution in [0.1, 0.15) is 17.3 Å². The van der Waals surface area contributed by atoms with Gasteiger partial charge in [0.2, 0.25) is 11.4 Å². The number of aromatic amines is 1. The minimum absolute atomic E-state index is 0.0126. The number of benzene rings is 2. The minimum Gasteiger partial charge on any atom is -0.449 e. The fraction of sp³-hybridized carbons (Fsp3) is 0.105. The Hall–Kier alpha value is -4.08. The number of fused-ring (bicyclic) bond motifs is 1. The van der Waals surface area contributed by atoms with Crippen LogP contribution >= 0.6 is 0 Å². The first-order valence-corrected chi connectivity index (χ1v) is 8.34.